The molecule has 36 heavy (non-hydrogen) atoms. The molecule has 0 aliphatic heterocycles. The lowest BCUT2D eigenvalue weighted by Crippen LogP contribution is -2.26. The minimum Gasteiger partial charge on any atom is -0.369 e. The summed E-state index contributed by atoms with van der Waals surface area (Å²) < 4.78 is 40.9. The molecule has 4 rings (SSSR count). The van der Waals surface area contributed by atoms with Crippen LogP contribution in [0, 0.1) is 6.92 Å². The molecule has 0 spiro atoms. The van der Waals surface area contributed by atoms with Crippen molar-refractivity contribution in [1.29, 1.82) is 0 Å². The fourth-order valence-electron chi connectivity index (χ4n) is 4.01. The minimum atomic E-state index is -4.50. The highest BCUT2D eigenvalue weighted by molar-refractivity contribution is 5.92. The second-order valence-corrected chi connectivity index (χ2v) is 9.23. The first-order chi connectivity index (χ1) is 17.1. The largest absolute Gasteiger partial charge is 0.418 e. The number of rotatable bonds is 8. The SMILES string of the molecule is Cc1ccccc1CCNc1nc(CN(C)C(C)C)nc2cc(-c3ncccc3C(F)(F)F)ccc12. The lowest BCUT2D eigenvalue weighted by atomic mass is 10.0. The van der Waals surface area contributed by atoms with Crippen molar-refractivity contribution in [2.45, 2.75) is 46.0 Å². The quantitative estimate of drug-likeness (QED) is 0.303. The molecule has 0 aliphatic carbocycles. The molecule has 5 nitrogen and oxygen atoms in total. The van der Waals surface area contributed by atoms with E-state index in [0.717, 1.165) is 17.9 Å². The van der Waals surface area contributed by atoms with E-state index in [0.29, 0.717) is 35.8 Å². The summed E-state index contributed by atoms with van der Waals surface area (Å²) in [6.07, 6.45) is -2.31. The molecule has 0 radical (unpaired) electrons. The van der Waals surface area contributed by atoms with Crippen molar-refractivity contribution in [3.8, 4) is 11.3 Å². The number of nitrogens with one attached hydrogen (secondary N) is 1. The van der Waals surface area contributed by atoms with E-state index < -0.39 is 11.7 Å². The van der Waals surface area contributed by atoms with E-state index in [2.05, 4.69) is 48.1 Å². The number of aryl methyl sites for hydroxylation is 1. The Morgan fingerprint density at radius 3 is 2.50 bits per heavy atom. The van der Waals surface area contributed by atoms with Crippen LogP contribution in [-0.4, -0.2) is 39.5 Å². The number of halogens is 3. The van der Waals surface area contributed by atoms with E-state index in [1.54, 1.807) is 18.2 Å². The van der Waals surface area contributed by atoms with Crippen LogP contribution < -0.4 is 5.32 Å². The maximum Gasteiger partial charge on any atom is 0.418 e. The van der Waals surface area contributed by atoms with Gasteiger partial charge in [-0.2, -0.15) is 13.2 Å². The van der Waals surface area contributed by atoms with E-state index in [1.165, 1.54) is 23.4 Å². The molecule has 0 fully saturated rings. The van der Waals surface area contributed by atoms with Gasteiger partial charge in [0.15, 0.2) is 0 Å². The molecule has 0 unspecified atom stereocenters. The lowest BCUT2D eigenvalue weighted by molar-refractivity contribution is -0.137. The van der Waals surface area contributed by atoms with Crippen LogP contribution in [0.5, 0.6) is 0 Å². The van der Waals surface area contributed by atoms with Crippen molar-refractivity contribution in [3.63, 3.8) is 0 Å². The summed E-state index contributed by atoms with van der Waals surface area (Å²) >= 11 is 0. The smallest absolute Gasteiger partial charge is 0.369 e. The van der Waals surface area contributed by atoms with Crippen LogP contribution in [0.3, 0.4) is 0 Å². The Kier molecular flexibility index (Phi) is 7.54. The summed E-state index contributed by atoms with van der Waals surface area (Å²) in [5, 5.41) is 4.19. The Hall–Kier alpha value is -3.52. The van der Waals surface area contributed by atoms with Gasteiger partial charge in [-0.1, -0.05) is 30.3 Å². The minimum absolute atomic E-state index is 0.111. The van der Waals surface area contributed by atoms with Crippen molar-refractivity contribution in [2.24, 2.45) is 0 Å². The van der Waals surface area contributed by atoms with E-state index in [-0.39, 0.29) is 11.7 Å². The molecule has 0 saturated heterocycles. The topological polar surface area (TPSA) is 53.9 Å². The number of anilines is 1. The van der Waals surface area contributed by atoms with Gasteiger partial charge in [-0.15, -0.1) is 0 Å². The van der Waals surface area contributed by atoms with Gasteiger partial charge in [-0.25, -0.2) is 9.97 Å². The van der Waals surface area contributed by atoms with Gasteiger partial charge in [-0.05, 0) is 69.6 Å². The van der Waals surface area contributed by atoms with Gasteiger partial charge < -0.3 is 5.32 Å². The van der Waals surface area contributed by atoms with Gasteiger partial charge in [0.2, 0.25) is 0 Å². The number of hydrogen-bond acceptors (Lipinski definition) is 5. The maximum absolute atomic E-state index is 13.6. The molecule has 2 aromatic heterocycles. The van der Waals surface area contributed by atoms with Gasteiger partial charge in [0.1, 0.15) is 11.6 Å². The van der Waals surface area contributed by atoms with Crippen LogP contribution in [0.25, 0.3) is 22.2 Å². The van der Waals surface area contributed by atoms with Gasteiger partial charge in [-0.3, -0.25) is 9.88 Å². The summed E-state index contributed by atoms with van der Waals surface area (Å²) in [5.74, 6) is 1.27. The fraction of sp³-hybridized carbons (Fsp3) is 0.321. The number of aromatic nitrogens is 3. The van der Waals surface area contributed by atoms with E-state index in [1.807, 2.05) is 19.2 Å². The Bertz CT molecular complexity index is 1350. The highest BCUT2D eigenvalue weighted by Crippen LogP contribution is 2.36. The molecule has 8 heteroatoms. The zero-order valence-electron chi connectivity index (χ0n) is 20.9. The molecule has 0 aliphatic rings. The zero-order chi connectivity index (χ0) is 25.9. The van der Waals surface area contributed by atoms with Crippen molar-refractivity contribution in [1.82, 2.24) is 19.9 Å². The Morgan fingerprint density at radius 2 is 1.78 bits per heavy atom. The second kappa shape index (κ2) is 10.6. The van der Waals surface area contributed by atoms with Crippen molar-refractivity contribution in [2.75, 3.05) is 18.9 Å². The van der Waals surface area contributed by atoms with Gasteiger partial charge in [0.05, 0.1) is 23.3 Å². The lowest BCUT2D eigenvalue weighted by Gasteiger charge is -2.21. The van der Waals surface area contributed by atoms with Crippen LogP contribution in [0.4, 0.5) is 19.0 Å². The first kappa shape index (κ1) is 25.6. The number of alkyl halides is 3. The number of pyridine rings is 1. The summed E-state index contributed by atoms with van der Waals surface area (Å²) in [4.78, 5) is 15.6. The zero-order valence-corrected chi connectivity index (χ0v) is 20.9. The van der Waals surface area contributed by atoms with Gasteiger partial charge >= 0.3 is 6.18 Å². The molecule has 0 atom stereocenters. The molecule has 0 saturated carbocycles. The molecule has 4 aromatic rings. The average Bonchev–Trinajstić information content (AvgIpc) is 2.84. The third-order valence-electron chi connectivity index (χ3n) is 6.35. The fourth-order valence-corrected chi connectivity index (χ4v) is 4.01. The van der Waals surface area contributed by atoms with Crippen LogP contribution in [-0.2, 0) is 19.1 Å². The number of benzene rings is 2. The van der Waals surface area contributed by atoms with Gasteiger partial charge in [0.25, 0.3) is 0 Å². The summed E-state index contributed by atoms with van der Waals surface area (Å²) in [5.41, 5.74) is 2.54. The van der Waals surface area contributed by atoms with Crippen molar-refractivity contribution in [3.05, 3.63) is 83.3 Å². The van der Waals surface area contributed by atoms with Gasteiger partial charge in [0, 0.05) is 29.7 Å². The predicted molar refractivity (Wildman–Crippen MR) is 138 cm³/mol. The van der Waals surface area contributed by atoms with E-state index >= 15 is 0 Å². The molecular formula is C28H30F3N5. The molecule has 2 heterocycles. The van der Waals surface area contributed by atoms with E-state index in [9.17, 15) is 13.2 Å². The van der Waals surface area contributed by atoms with Crippen LogP contribution in [0.2, 0.25) is 0 Å². The number of hydrogen-bond donors (Lipinski definition) is 1. The second-order valence-electron chi connectivity index (χ2n) is 9.23. The Balaban J connectivity index is 1.73. The normalized spacial score (nSPS) is 12.0. The molecule has 1 N–H and O–H groups in total. The summed E-state index contributed by atoms with van der Waals surface area (Å²) in [6.45, 7) is 7.43. The number of nitrogens with zero attached hydrogens (tertiary/aromatic N) is 4. The van der Waals surface area contributed by atoms with Crippen LogP contribution in [0.1, 0.15) is 36.4 Å². The standard InChI is InChI=1S/C28H30F3N5/c1-18(2)36(4)17-25-34-24-16-21(26-23(28(29,30)31)10-7-14-32-26)11-12-22(24)27(35-25)33-15-13-20-9-6-5-8-19(20)3/h5-12,14,16,18H,13,15,17H2,1-4H3,(H,33,34,35). The first-order valence-electron chi connectivity index (χ1n) is 12.0. The summed E-state index contributed by atoms with van der Waals surface area (Å²) in [6, 6.07) is 16.0. The monoisotopic (exact) mass is 493 g/mol. The van der Waals surface area contributed by atoms with Crippen LogP contribution >= 0.6 is 0 Å². The third kappa shape index (κ3) is 5.82. The number of fused-ring (bicyclic) bond motifs is 1. The molecule has 2 aromatic carbocycles. The Labute approximate surface area is 209 Å². The van der Waals surface area contributed by atoms with Crippen molar-refractivity contribution >= 4 is 16.7 Å². The maximum atomic E-state index is 13.6. The summed E-state index contributed by atoms with van der Waals surface area (Å²) in [7, 11) is 1.99. The molecule has 188 valence electrons. The Morgan fingerprint density at radius 1 is 1.00 bits per heavy atom. The highest BCUT2D eigenvalue weighted by atomic mass is 19.4. The molecule has 0 amide bonds. The highest BCUT2D eigenvalue weighted by Gasteiger charge is 2.34. The molecule has 0 bridgehead atoms. The molecular weight excluding hydrogens is 463 g/mol. The first-order valence-corrected chi connectivity index (χ1v) is 12.0. The average molecular weight is 494 g/mol. The van der Waals surface area contributed by atoms with Crippen LogP contribution in [0.15, 0.2) is 60.8 Å². The van der Waals surface area contributed by atoms with E-state index in [4.69, 9.17) is 9.97 Å². The predicted octanol–water partition coefficient (Wildman–Crippen LogP) is 6.51. The third-order valence-corrected chi connectivity index (χ3v) is 6.35. The van der Waals surface area contributed by atoms with Crippen molar-refractivity contribution < 1.29 is 13.2 Å².